The number of urea groups is 1. The molecule has 28 heavy (non-hydrogen) atoms. The van der Waals surface area contributed by atoms with Crippen molar-refractivity contribution >= 4 is 41.3 Å². The fourth-order valence-corrected chi connectivity index (χ4v) is 2.94. The summed E-state index contributed by atoms with van der Waals surface area (Å²) in [6.07, 6.45) is 2.18. The van der Waals surface area contributed by atoms with Crippen LogP contribution in [0.5, 0.6) is 0 Å². The van der Waals surface area contributed by atoms with Crippen molar-refractivity contribution in [3.63, 3.8) is 0 Å². The Bertz CT molecular complexity index is 664. The van der Waals surface area contributed by atoms with E-state index in [1.165, 1.54) is 11.8 Å². The molecule has 0 heterocycles. The first kappa shape index (κ1) is 23.7. The van der Waals surface area contributed by atoms with E-state index in [0.717, 1.165) is 5.56 Å². The summed E-state index contributed by atoms with van der Waals surface area (Å²) in [5.41, 5.74) is 0.748. The van der Waals surface area contributed by atoms with Gasteiger partial charge < -0.3 is 15.7 Å². The van der Waals surface area contributed by atoms with E-state index in [4.69, 9.17) is 11.6 Å². The lowest BCUT2D eigenvalue weighted by atomic mass is 10.1. The predicted molar refractivity (Wildman–Crippen MR) is 108 cm³/mol. The number of benzene rings is 1. The van der Waals surface area contributed by atoms with Crippen LogP contribution in [0.2, 0.25) is 0 Å². The number of hydrogen-bond acceptors (Lipinski definition) is 6. The number of nitroso groups, excluding NO2 is 1. The van der Waals surface area contributed by atoms with Gasteiger partial charge in [-0.15, -0.1) is 16.5 Å². The fourth-order valence-electron chi connectivity index (χ4n) is 2.31. The molecule has 0 bridgehead atoms. The molecular formula is C17H23ClN4O5S. The van der Waals surface area contributed by atoms with Gasteiger partial charge in [-0.1, -0.05) is 30.3 Å². The molecule has 3 amide bonds. The smallest absolute Gasteiger partial charge is 0.341 e. The van der Waals surface area contributed by atoms with Gasteiger partial charge in [0.05, 0.1) is 11.8 Å². The molecule has 154 valence electrons. The first-order valence-electron chi connectivity index (χ1n) is 8.46. The monoisotopic (exact) mass is 430 g/mol. The Balaban J connectivity index is 2.84. The van der Waals surface area contributed by atoms with Crippen LogP contribution in [0.15, 0.2) is 35.6 Å². The SMILES string of the molecule is CSCC[C@H](NC(=O)N(CCCl)N=O)C(=O)N[C@@H](Cc1ccccc1)C(=O)O. The van der Waals surface area contributed by atoms with E-state index in [-0.39, 0.29) is 25.3 Å². The summed E-state index contributed by atoms with van der Waals surface area (Å²) >= 11 is 6.97. The molecule has 0 fully saturated rings. The molecule has 1 rings (SSSR count). The highest BCUT2D eigenvalue weighted by atomic mass is 35.5. The number of nitrogens with zero attached hydrogens (tertiary/aromatic N) is 2. The summed E-state index contributed by atoms with van der Waals surface area (Å²) in [6, 6.07) is 5.82. The number of carboxylic acid groups (broad SMARTS) is 1. The van der Waals surface area contributed by atoms with Crippen molar-refractivity contribution in [2.24, 2.45) is 5.29 Å². The lowest BCUT2D eigenvalue weighted by Crippen LogP contribution is -2.54. The van der Waals surface area contributed by atoms with Crippen molar-refractivity contribution in [2.45, 2.75) is 24.9 Å². The number of hydrogen-bond donors (Lipinski definition) is 3. The van der Waals surface area contributed by atoms with Gasteiger partial charge in [0.2, 0.25) is 5.91 Å². The third kappa shape index (κ3) is 8.13. The molecule has 0 radical (unpaired) electrons. The highest BCUT2D eigenvalue weighted by molar-refractivity contribution is 7.98. The molecule has 11 heteroatoms. The number of thioether (sulfide) groups is 1. The van der Waals surface area contributed by atoms with E-state index >= 15 is 0 Å². The summed E-state index contributed by atoms with van der Waals surface area (Å²) in [6.45, 7) is -0.112. The van der Waals surface area contributed by atoms with Crippen LogP contribution >= 0.6 is 23.4 Å². The van der Waals surface area contributed by atoms with Crippen LogP contribution in [-0.4, -0.2) is 64.5 Å². The van der Waals surface area contributed by atoms with E-state index in [2.05, 4.69) is 15.9 Å². The van der Waals surface area contributed by atoms with Gasteiger partial charge in [-0.3, -0.25) is 4.79 Å². The quantitative estimate of drug-likeness (QED) is 0.264. The first-order chi connectivity index (χ1) is 13.4. The number of carbonyl (C=O) groups excluding carboxylic acids is 2. The standard InChI is InChI=1S/C17H23ClN4O5S/c1-28-10-7-13(20-17(26)22(21-27)9-8-18)15(23)19-14(16(24)25)11-12-5-3-2-4-6-12/h2-6,13-14H,7-11H2,1H3,(H,19,23)(H,20,26)(H,24,25)/t13-,14-/m0/s1. The van der Waals surface area contributed by atoms with E-state index in [1.54, 1.807) is 30.3 Å². The Morgan fingerprint density at radius 3 is 2.43 bits per heavy atom. The number of halogens is 1. The predicted octanol–water partition coefficient (Wildman–Crippen LogP) is 1.85. The summed E-state index contributed by atoms with van der Waals surface area (Å²) in [5, 5.41) is 17.4. The molecule has 0 saturated heterocycles. The third-order valence-electron chi connectivity index (χ3n) is 3.75. The third-order valence-corrected chi connectivity index (χ3v) is 4.56. The maximum absolute atomic E-state index is 12.6. The van der Waals surface area contributed by atoms with Crippen LogP contribution in [0.25, 0.3) is 0 Å². The van der Waals surface area contributed by atoms with Crippen LogP contribution in [-0.2, 0) is 16.0 Å². The Morgan fingerprint density at radius 2 is 1.89 bits per heavy atom. The number of rotatable bonds is 12. The van der Waals surface area contributed by atoms with Gasteiger partial charge in [0, 0.05) is 12.3 Å². The topological polar surface area (TPSA) is 128 Å². The molecule has 2 atom stereocenters. The average Bonchev–Trinajstić information content (AvgIpc) is 2.69. The van der Waals surface area contributed by atoms with Crippen molar-refractivity contribution in [1.82, 2.24) is 15.6 Å². The van der Waals surface area contributed by atoms with Crippen LogP contribution < -0.4 is 10.6 Å². The number of amides is 3. The van der Waals surface area contributed by atoms with Crippen molar-refractivity contribution < 1.29 is 19.5 Å². The van der Waals surface area contributed by atoms with E-state index in [9.17, 15) is 24.4 Å². The Hall–Kier alpha value is -2.33. The lowest BCUT2D eigenvalue weighted by molar-refractivity contribution is -0.142. The summed E-state index contributed by atoms with van der Waals surface area (Å²) in [5.74, 6) is -1.30. The summed E-state index contributed by atoms with van der Waals surface area (Å²) in [4.78, 5) is 47.0. The minimum absolute atomic E-state index is 0.000993. The van der Waals surface area contributed by atoms with Gasteiger partial charge in [-0.2, -0.15) is 16.8 Å². The van der Waals surface area contributed by atoms with E-state index in [0.29, 0.717) is 10.8 Å². The van der Waals surface area contributed by atoms with E-state index < -0.39 is 30.0 Å². The lowest BCUT2D eigenvalue weighted by Gasteiger charge is -2.23. The molecule has 1 aromatic carbocycles. The number of aliphatic carboxylic acids is 1. The van der Waals surface area contributed by atoms with Crippen molar-refractivity contribution in [2.75, 3.05) is 24.4 Å². The van der Waals surface area contributed by atoms with Gasteiger partial charge in [0.1, 0.15) is 12.1 Å². The molecule has 9 nitrogen and oxygen atoms in total. The Morgan fingerprint density at radius 1 is 1.21 bits per heavy atom. The number of alkyl halides is 1. The van der Waals surface area contributed by atoms with Crippen molar-refractivity contribution in [3.05, 3.63) is 40.8 Å². The van der Waals surface area contributed by atoms with Crippen molar-refractivity contribution in [1.29, 1.82) is 0 Å². The summed E-state index contributed by atoms with van der Waals surface area (Å²) in [7, 11) is 0. The largest absolute Gasteiger partial charge is 0.480 e. The maximum atomic E-state index is 12.6. The molecular weight excluding hydrogens is 408 g/mol. The minimum Gasteiger partial charge on any atom is -0.480 e. The van der Waals surface area contributed by atoms with Gasteiger partial charge in [0.25, 0.3) is 0 Å². The minimum atomic E-state index is -1.19. The average molecular weight is 431 g/mol. The number of nitrogens with one attached hydrogen (secondary N) is 2. The molecule has 0 spiro atoms. The maximum Gasteiger partial charge on any atom is 0.341 e. The summed E-state index contributed by atoms with van der Waals surface area (Å²) < 4.78 is 0. The van der Waals surface area contributed by atoms with E-state index in [1.807, 2.05) is 6.26 Å². The zero-order valence-corrected chi connectivity index (χ0v) is 16.9. The van der Waals surface area contributed by atoms with Gasteiger partial charge in [-0.05, 0) is 24.0 Å². The highest BCUT2D eigenvalue weighted by Gasteiger charge is 2.28. The molecule has 1 aromatic rings. The number of carboxylic acids is 1. The molecule has 0 aliphatic heterocycles. The van der Waals surface area contributed by atoms with Gasteiger partial charge >= 0.3 is 12.0 Å². The molecule has 0 aromatic heterocycles. The van der Waals surface area contributed by atoms with Crippen LogP contribution in [0.4, 0.5) is 4.79 Å². The zero-order valence-electron chi connectivity index (χ0n) is 15.3. The second-order valence-electron chi connectivity index (χ2n) is 5.77. The molecule has 3 N–H and O–H groups in total. The Labute approximate surface area is 172 Å². The first-order valence-corrected chi connectivity index (χ1v) is 10.4. The normalized spacial score (nSPS) is 12.5. The highest BCUT2D eigenvalue weighted by Crippen LogP contribution is 2.07. The molecule has 0 aliphatic carbocycles. The van der Waals surface area contributed by atoms with Crippen LogP contribution in [0.3, 0.4) is 0 Å². The molecule has 0 saturated carbocycles. The second-order valence-corrected chi connectivity index (χ2v) is 7.13. The van der Waals surface area contributed by atoms with Crippen molar-refractivity contribution in [3.8, 4) is 0 Å². The van der Waals surface area contributed by atoms with Gasteiger partial charge in [0.15, 0.2) is 0 Å². The van der Waals surface area contributed by atoms with Gasteiger partial charge in [-0.25, -0.2) is 9.59 Å². The Kier molecular flexibility index (Phi) is 11.0. The second kappa shape index (κ2) is 12.9. The fraction of sp³-hybridized carbons (Fsp3) is 0.471. The molecule has 0 unspecified atom stereocenters. The zero-order chi connectivity index (χ0) is 20.9. The number of carbonyl (C=O) groups is 3. The molecule has 0 aliphatic rings. The van der Waals surface area contributed by atoms with Crippen LogP contribution in [0.1, 0.15) is 12.0 Å². The van der Waals surface area contributed by atoms with Crippen LogP contribution in [0, 0.1) is 4.91 Å².